The second-order valence-electron chi connectivity index (χ2n) is 4.54. The lowest BCUT2D eigenvalue weighted by Gasteiger charge is -2.09. The molecule has 22 heavy (non-hydrogen) atoms. The van der Waals surface area contributed by atoms with E-state index in [1.807, 2.05) is 6.07 Å². The molecule has 0 aliphatic carbocycles. The first-order valence-electron chi connectivity index (χ1n) is 6.36. The molecule has 3 aromatic rings. The first kappa shape index (κ1) is 14.4. The van der Waals surface area contributed by atoms with Gasteiger partial charge in [0.15, 0.2) is 6.29 Å². The van der Waals surface area contributed by atoms with Crippen LogP contribution in [0.15, 0.2) is 48.5 Å². The number of benzene rings is 2. The van der Waals surface area contributed by atoms with E-state index in [2.05, 4.69) is 5.10 Å². The quantitative estimate of drug-likeness (QED) is 0.675. The minimum absolute atomic E-state index is 0.0378. The second kappa shape index (κ2) is 5.69. The van der Waals surface area contributed by atoms with Gasteiger partial charge in [0, 0.05) is 11.6 Å². The summed E-state index contributed by atoms with van der Waals surface area (Å²) in [5.74, 6) is -1.29. The summed E-state index contributed by atoms with van der Waals surface area (Å²) < 4.78 is 28.6. The maximum Gasteiger partial charge on any atom is 0.171 e. The number of hydrogen-bond acceptors (Lipinski definition) is 2. The molecule has 0 amide bonds. The van der Waals surface area contributed by atoms with E-state index >= 15 is 0 Å². The van der Waals surface area contributed by atoms with E-state index in [0.717, 1.165) is 22.9 Å². The van der Waals surface area contributed by atoms with Crippen molar-refractivity contribution in [1.82, 2.24) is 9.78 Å². The molecule has 0 saturated carbocycles. The molecule has 0 fully saturated rings. The molecule has 6 heteroatoms. The highest BCUT2D eigenvalue weighted by molar-refractivity contribution is 6.35. The summed E-state index contributed by atoms with van der Waals surface area (Å²) in [6.07, 6.45) is 0.475. The molecule has 110 valence electrons. The second-order valence-corrected chi connectivity index (χ2v) is 4.92. The Morgan fingerprint density at radius 2 is 1.82 bits per heavy atom. The van der Waals surface area contributed by atoms with Crippen molar-refractivity contribution >= 4 is 17.9 Å². The van der Waals surface area contributed by atoms with Crippen LogP contribution >= 0.6 is 11.6 Å². The van der Waals surface area contributed by atoms with Crippen molar-refractivity contribution < 1.29 is 13.6 Å². The third-order valence-corrected chi connectivity index (χ3v) is 3.52. The van der Waals surface area contributed by atoms with E-state index in [-0.39, 0.29) is 16.4 Å². The van der Waals surface area contributed by atoms with Crippen molar-refractivity contribution in [1.29, 1.82) is 0 Å². The fourth-order valence-corrected chi connectivity index (χ4v) is 2.43. The summed E-state index contributed by atoms with van der Waals surface area (Å²) in [6, 6.07) is 11.8. The van der Waals surface area contributed by atoms with Gasteiger partial charge in [-0.05, 0) is 12.1 Å². The van der Waals surface area contributed by atoms with Gasteiger partial charge in [-0.15, -0.1) is 0 Å². The predicted octanol–water partition coefficient (Wildman–Crippen LogP) is 4.28. The molecule has 1 aromatic heterocycles. The Labute approximate surface area is 129 Å². The SMILES string of the molecule is O=Cc1nn(-c2cc(F)ccc2F)c(-c2ccccc2)c1Cl. The van der Waals surface area contributed by atoms with Gasteiger partial charge in [0.2, 0.25) is 0 Å². The topological polar surface area (TPSA) is 34.9 Å². The molecular weight excluding hydrogens is 310 g/mol. The van der Waals surface area contributed by atoms with Gasteiger partial charge in [-0.1, -0.05) is 41.9 Å². The van der Waals surface area contributed by atoms with Crippen LogP contribution in [0.5, 0.6) is 0 Å². The monoisotopic (exact) mass is 318 g/mol. The molecule has 0 bridgehead atoms. The third-order valence-electron chi connectivity index (χ3n) is 3.15. The average molecular weight is 319 g/mol. The molecule has 0 saturated heterocycles. The van der Waals surface area contributed by atoms with Crippen LogP contribution in [0.4, 0.5) is 8.78 Å². The smallest absolute Gasteiger partial charge is 0.171 e. The van der Waals surface area contributed by atoms with E-state index in [1.54, 1.807) is 24.3 Å². The first-order valence-corrected chi connectivity index (χ1v) is 6.74. The molecule has 0 radical (unpaired) electrons. The van der Waals surface area contributed by atoms with Gasteiger partial charge < -0.3 is 0 Å². The van der Waals surface area contributed by atoms with Gasteiger partial charge in [-0.3, -0.25) is 4.79 Å². The molecular formula is C16H9ClF2N2O. The van der Waals surface area contributed by atoms with Gasteiger partial charge in [0.25, 0.3) is 0 Å². The molecule has 0 atom stereocenters. The van der Waals surface area contributed by atoms with Gasteiger partial charge in [0.1, 0.15) is 23.0 Å². The molecule has 2 aromatic carbocycles. The van der Waals surface area contributed by atoms with Gasteiger partial charge in [0.05, 0.1) is 10.7 Å². The summed E-state index contributed by atoms with van der Waals surface area (Å²) in [5.41, 5.74) is 0.809. The number of carbonyl (C=O) groups excluding carboxylic acids is 1. The van der Waals surface area contributed by atoms with Crippen molar-refractivity contribution in [2.75, 3.05) is 0 Å². The van der Waals surface area contributed by atoms with E-state index in [0.29, 0.717) is 17.5 Å². The normalized spacial score (nSPS) is 10.7. The molecule has 1 heterocycles. The maximum absolute atomic E-state index is 14.0. The summed E-state index contributed by atoms with van der Waals surface area (Å²) in [7, 11) is 0. The van der Waals surface area contributed by atoms with Crippen LogP contribution in [-0.4, -0.2) is 16.1 Å². The van der Waals surface area contributed by atoms with Crippen LogP contribution in [0.2, 0.25) is 5.02 Å². The molecule has 0 spiro atoms. The lowest BCUT2D eigenvalue weighted by molar-refractivity contribution is 0.111. The van der Waals surface area contributed by atoms with Crippen LogP contribution in [0, 0.1) is 11.6 Å². The zero-order chi connectivity index (χ0) is 15.7. The Bertz CT molecular complexity index is 847. The van der Waals surface area contributed by atoms with Crippen LogP contribution in [-0.2, 0) is 0 Å². The average Bonchev–Trinajstić information content (AvgIpc) is 2.87. The zero-order valence-electron chi connectivity index (χ0n) is 11.1. The van der Waals surface area contributed by atoms with Crippen molar-refractivity contribution in [3.8, 4) is 16.9 Å². The number of nitrogens with zero attached hydrogens (tertiary/aromatic N) is 2. The highest BCUT2D eigenvalue weighted by Crippen LogP contribution is 2.33. The Kier molecular flexibility index (Phi) is 3.73. The van der Waals surface area contributed by atoms with Crippen molar-refractivity contribution in [3.63, 3.8) is 0 Å². The van der Waals surface area contributed by atoms with Crippen molar-refractivity contribution in [2.24, 2.45) is 0 Å². The number of aldehydes is 1. The van der Waals surface area contributed by atoms with Gasteiger partial charge in [-0.25, -0.2) is 13.5 Å². The lowest BCUT2D eigenvalue weighted by atomic mass is 10.1. The van der Waals surface area contributed by atoms with E-state index < -0.39 is 11.6 Å². The first-order chi connectivity index (χ1) is 10.6. The number of hydrogen-bond donors (Lipinski definition) is 0. The highest BCUT2D eigenvalue weighted by atomic mass is 35.5. The standard InChI is InChI=1S/C16H9ClF2N2O/c17-15-13(9-22)20-21(14-8-11(18)6-7-12(14)19)16(15)10-4-2-1-3-5-10/h1-9H. The van der Waals surface area contributed by atoms with Crippen LogP contribution in [0.1, 0.15) is 10.5 Å². The molecule has 0 unspecified atom stereocenters. The van der Waals surface area contributed by atoms with Crippen molar-refractivity contribution in [3.05, 3.63) is 70.9 Å². The summed E-state index contributed by atoms with van der Waals surface area (Å²) in [5, 5.41) is 4.07. The number of halogens is 3. The summed E-state index contributed by atoms with van der Waals surface area (Å²) >= 11 is 6.18. The Hall–Kier alpha value is -2.53. The summed E-state index contributed by atoms with van der Waals surface area (Å²) in [6.45, 7) is 0. The van der Waals surface area contributed by atoms with Crippen LogP contribution < -0.4 is 0 Å². The lowest BCUT2D eigenvalue weighted by Crippen LogP contribution is -2.03. The predicted molar refractivity (Wildman–Crippen MR) is 79.3 cm³/mol. The molecule has 0 N–H and O–H groups in total. The number of aromatic nitrogens is 2. The fourth-order valence-electron chi connectivity index (χ4n) is 2.16. The largest absolute Gasteiger partial charge is 0.296 e. The molecule has 3 nitrogen and oxygen atoms in total. The molecule has 0 aliphatic heterocycles. The highest BCUT2D eigenvalue weighted by Gasteiger charge is 2.20. The third kappa shape index (κ3) is 2.40. The molecule has 0 aliphatic rings. The number of rotatable bonds is 3. The fraction of sp³-hybridized carbons (Fsp3) is 0. The van der Waals surface area contributed by atoms with Gasteiger partial charge in [-0.2, -0.15) is 5.10 Å². The van der Waals surface area contributed by atoms with Gasteiger partial charge >= 0.3 is 0 Å². The Morgan fingerprint density at radius 3 is 2.50 bits per heavy atom. The van der Waals surface area contributed by atoms with Crippen LogP contribution in [0.25, 0.3) is 16.9 Å². The Morgan fingerprint density at radius 1 is 1.09 bits per heavy atom. The zero-order valence-corrected chi connectivity index (χ0v) is 11.9. The van der Waals surface area contributed by atoms with E-state index in [1.165, 1.54) is 0 Å². The van der Waals surface area contributed by atoms with Crippen molar-refractivity contribution in [2.45, 2.75) is 0 Å². The Balaban J connectivity index is 2.32. The maximum atomic E-state index is 14.0. The number of carbonyl (C=O) groups is 1. The summed E-state index contributed by atoms with van der Waals surface area (Å²) in [4.78, 5) is 11.1. The van der Waals surface area contributed by atoms with Crippen LogP contribution in [0.3, 0.4) is 0 Å². The minimum Gasteiger partial charge on any atom is -0.296 e. The minimum atomic E-state index is -0.671. The molecule has 3 rings (SSSR count). The van der Waals surface area contributed by atoms with E-state index in [9.17, 15) is 13.6 Å². The van der Waals surface area contributed by atoms with E-state index in [4.69, 9.17) is 11.6 Å².